The van der Waals surface area contributed by atoms with E-state index in [0.29, 0.717) is 0 Å². The van der Waals surface area contributed by atoms with Crippen LogP contribution >= 0.6 is 0 Å². The molecule has 0 spiro atoms. The first-order chi connectivity index (χ1) is 6.22. The van der Waals surface area contributed by atoms with Crippen molar-refractivity contribution < 1.29 is 9.53 Å². The molecule has 2 unspecified atom stereocenters. The minimum Gasteiger partial charge on any atom is -0.375 e. The summed E-state index contributed by atoms with van der Waals surface area (Å²) in [4.78, 5) is 11.1. The van der Waals surface area contributed by atoms with Crippen LogP contribution in [-0.2, 0) is 9.53 Å². The number of ether oxygens (including phenoxy) is 1. The van der Waals surface area contributed by atoms with Gasteiger partial charge < -0.3 is 15.8 Å². The normalized spacial score (nSPS) is 28.5. The van der Waals surface area contributed by atoms with Crippen molar-refractivity contribution in [2.45, 2.75) is 37.8 Å². The maximum Gasteiger partial charge on any atom is 0.246 e. The van der Waals surface area contributed by atoms with Crippen LogP contribution in [0.3, 0.4) is 0 Å². The molecule has 1 amide bonds. The first-order valence-corrected chi connectivity index (χ1v) is 4.76. The summed E-state index contributed by atoms with van der Waals surface area (Å²) in [5.74, 6) is -0.0402. The molecular formula is C9H18N2O2. The van der Waals surface area contributed by atoms with Crippen molar-refractivity contribution in [3.05, 3.63) is 0 Å². The average molecular weight is 186 g/mol. The van der Waals surface area contributed by atoms with Gasteiger partial charge in [0.25, 0.3) is 0 Å². The van der Waals surface area contributed by atoms with Gasteiger partial charge in [-0.25, -0.2) is 0 Å². The van der Waals surface area contributed by atoms with Gasteiger partial charge >= 0.3 is 0 Å². The summed E-state index contributed by atoms with van der Waals surface area (Å²) in [6.45, 7) is 0.145. The monoisotopic (exact) mass is 186 g/mol. The van der Waals surface area contributed by atoms with Gasteiger partial charge in [0.1, 0.15) is 6.61 Å². The van der Waals surface area contributed by atoms with Gasteiger partial charge in [-0.05, 0) is 25.7 Å². The van der Waals surface area contributed by atoms with Gasteiger partial charge in [0.2, 0.25) is 5.91 Å². The van der Waals surface area contributed by atoms with Gasteiger partial charge in [0, 0.05) is 19.2 Å². The van der Waals surface area contributed by atoms with E-state index in [2.05, 4.69) is 5.32 Å². The van der Waals surface area contributed by atoms with E-state index in [4.69, 9.17) is 10.5 Å². The lowest BCUT2D eigenvalue weighted by atomic mass is 9.92. The van der Waals surface area contributed by atoms with Crippen LogP contribution in [0.15, 0.2) is 0 Å². The van der Waals surface area contributed by atoms with Gasteiger partial charge in [-0.3, -0.25) is 4.79 Å². The van der Waals surface area contributed by atoms with E-state index < -0.39 is 0 Å². The molecule has 1 saturated carbocycles. The van der Waals surface area contributed by atoms with Crippen LogP contribution in [0.25, 0.3) is 0 Å². The van der Waals surface area contributed by atoms with E-state index in [9.17, 15) is 4.79 Å². The van der Waals surface area contributed by atoms with Gasteiger partial charge in [-0.1, -0.05) is 0 Å². The Morgan fingerprint density at radius 2 is 2.38 bits per heavy atom. The SMILES string of the molecule is COCC(=O)NC1CCCC(N)C1. The molecule has 4 heteroatoms. The molecule has 0 aliphatic heterocycles. The number of methoxy groups -OCH3 is 1. The Morgan fingerprint density at radius 3 is 3.00 bits per heavy atom. The minimum atomic E-state index is -0.0402. The fourth-order valence-corrected chi connectivity index (χ4v) is 1.76. The molecule has 0 heterocycles. The Bertz CT molecular complexity index is 173. The molecule has 4 nitrogen and oxygen atoms in total. The summed E-state index contributed by atoms with van der Waals surface area (Å²) in [6, 6.07) is 0.507. The molecule has 0 aromatic carbocycles. The number of carbonyl (C=O) groups excluding carboxylic acids is 1. The molecule has 1 aliphatic carbocycles. The first kappa shape index (κ1) is 10.5. The summed E-state index contributed by atoms with van der Waals surface area (Å²) in [5.41, 5.74) is 5.79. The fourth-order valence-electron chi connectivity index (χ4n) is 1.76. The first-order valence-electron chi connectivity index (χ1n) is 4.76. The van der Waals surface area contributed by atoms with Crippen LogP contribution in [-0.4, -0.2) is 31.7 Å². The number of nitrogens with two attached hydrogens (primary N) is 1. The third kappa shape index (κ3) is 3.74. The summed E-state index contributed by atoms with van der Waals surface area (Å²) in [6.07, 6.45) is 4.13. The highest BCUT2D eigenvalue weighted by Gasteiger charge is 2.20. The largest absolute Gasteiger partial charge is 0.375 e. The van der Waals surface area contributed by atoms with Crippen molar-refractivity contribution in [1.29, 1.82) is 0 Å². The van der Waals surface area contributed by atoms with Gasteiger partial charge in [-0.15, -0.1) is 0 Å². The summed E-state index contributed by atoms with van der Waals surface area (Å²) >= 11 is 0. The van der Waals surface area contributed by atoms with Crippen molar-refractivity contribution in [2.24, 2.45) is 5.73 Å². The third-order valence-electron chi connectivity index (χ3n) is 2.36. The molecule has 1 fully saturated rings. The molecule has 0 aromatic heterocycles. The Morgan fingerprint density at radius 1 is 1.62 bits per heavy atom. The number of nitrogens with one attached hydrogen (secondary N) is 1. The highest BCUT2D eigenvalue weighted by molar-refractivity contribution is 5.77. The van der Waals surface area contributed by atoms with E-state index in [1.165, 1.54) is 7.11 Å². The molecule has 0 saturated heterocycles. The number of rotatable bonds is 3. The maximum atomic E-state index is 11.1. The zero-order valence-electron chi connectivity index (χ0n) is 8.08. The fraction of sp³-hybridized carbons (Fsp3) is 0.889. The molecule has 1 rings (SSSR count). The second kappa shape index (κ2) is 5.19. The van der Waals surface area contributed by atoms with Crippen LogP contribution in [0.5, 0.6) is 0 Å². The molecule has 0 aromatic rings. The van der Waals surface area contributed by atoms with Crippen molar-refractivity contribution in [2.75, 3.05) is 13.7 Å². The van der Waals surface area contributed by atoms with E-state index in [0.717, 1.165) is 25.7 Å². The summed E-state index contributed by atoms with van der Waals surface area (Å²) in [7, 11) is 1.52. The second-order valence-corrected chi connectivity index (χ2v) is 3.62. The molecule has 2 atom stereocenters. The quantitative estimate of drug-likeness (QED) is 0.653. The summed E-state index contributed by atoms with van der Waals surface area (Å²) < 4.78 is 4.73. The lowest BCUT2D eigenvalue weighted by Gasteiger charge is -2.27. The predicted octanol–water partition coefficient (Wildman–Crippen LogP) is 0.0189. The standard InChI is InChI=1S/C9H18N2O2/c1-13-6-9(12)11-8-4-2-3-7(10)5-8/h7-8H,2-6,10H2,1H3,(H,11,12). The maximum absolute atomic E-state index is 11.1. The van der Waals surface area contributed by atoms with Crippen LogP contribution < -0.4 is 11.1 Å². The summed E-state index contributed by atoms with van der Waals surface area (Å²) in [5, 5.41) is 2.91. The molecule has 1 aliphatic rings. The smallest absolute Gasteiger partial charge is 0.246 e. The van der Waals surface area contributed by atoms with Crippen LogP contribution in [0.1, 0.15) is 25.7 Å². The van der Waals surface area contributed by atoms with E-state index >= 15 is 0 Å². The zero-order valence-corrected chi connectivity index (χ0v) is 8.08. The molecule has 76 valence electrons. The number of amides is 1. The molecular weight excluding hydrogens is 168 g/mol. The van der Waals surface area contributed by atoms with Crippen LogP contribution in [0, 0.1) is 0 Å². The second-order valence-electron chi connectivity index (χ2n) is 3.62. The Balaban J connectivity index is 2.23. The predicted molar refractivity (Wildman–Crippen MR) is 50.3 cm³/mol. The van der Waals surface area contributed by atoms with Gasteiger partial charge in [-0.2, -0.15) is 0 Å². The molecule has 0 radical (unpaired) electrons. The lowest BCUT2D eigenvalue weighted by Crippen LogP contribution is -2.43. The van der Waals surface area contributed by atoms with E-state index in [1.54, 1.807) is 0 Å². The van der Waals surface area contributed by atoms with Crippen molar-refractivity contribution in [1.82, 2.24) is 5.32 Å². The number of hydrogen-bond donors (Lipinski definition) is 2. The zero-order chi connectivity index (χ0) is 9.68. The van der Waals surface area contributed by atoms with Crippen molar-refractivity contribution >= 4 is 5.91 Å². The Labute approximate surface area is 78.8 Å². The molecule has 13 heavy (non-hydrogen) atoms. The van der Waals surface area contributed by atoms with E-state index in [1.807, 2.05) is 0 Å². The van der Waals surface area contributed by atoms with E-state index in [-0.39, 0.29) is 24.6 Å². The topological polar surface area (TPSA) is 64.3 Å². The highest BCUT2D eigenvalue weighted by atomic mass is 16.5. The number of carbonyl (C=O) groups is 1. The lowest BCUT2D eigenvalue weighted by molar-refractivity contribution is -0.125. The van der Waals surface area contributed by atoms with Crippen molar-refractivity contribution in [3.8, 4) is 0 Å². The van der Waals surface area contributed by atoms with Crippen LogP contribution in [0.4, 0.5) is 0 Å². The Kier molecular flexibility index (Phi) is 4.18. The Hall–Kier alpha value is -0.610. The molecule has 0 bridgehead atoms. The molecule has 3 N–H and O–H groups in total. The van der Waals surface area contributed by atoms with Crippen LogP contribution in [0.2, 0.25) is 0 Å². The minimum absolute atomic E-state index is 0.0402. The van der Waals surface area contributed by atoms with Gasteiger partial charge in [0.05, 0.1) is 0 Å². The highest BCUT2D eigenvalue weighted by Crippen LogP contribution is 2.16. The van der Waals surface area contributed by atoms with Crippen molar-refractivity contribution in [3.63, 3.8) is 0 Å². The number of hydrogen-bond acceptors (Lipinski definition) is 3. The third-order valence-corrected chi connectivity index (χ3v) is 2.36. The van der Waals surface area contributed by atoms with Gasteiger partial charge in [0.15, 0.2) is 0 Å². The average Bonchev–Trinajstić information content (AvgIpc) is 2.04.